The van der Waals surface area contributed by atoms with Gasteiger partial charge in [-0.15, -0.1) is 0 Å². The molecule has 1 heterocycles. The number of hydrogen-bond donors (Lipinski definition) is 1. The summed E-state index contributed by atoms with van der Waals surface area (Å²) in [6, 6.07) is 1.67. The van der Waals surface area contributed by atoms with Crippen molar-refractivity contribution in [2.75, 3.05) is 12.8 Å². The molecule has 1 saturated carbocycles. The molecule has 0 radical (unpaired) electrons. The highest BCUT2D eigenvalue weighted by Crippen LogP contribution is 2.24. The monoisotopic (exact) mass is 237 g/mol. The highest BCUT2D eigenvalue weighted by molar-refractivity contribution is 5.32. The molecular formula is C12H19N3O2. The largest absolute Gasteiger partial charge is 0.474 e. The zero-order chi connectivity index (χ0) is 12.3. The van der Waals surface area contributed by atoms with E-state index in [2.05, 4.69) is 9.97 Å². The number of hydrogen-bond acceptors (Lipinski definition) is 5. The molecule has 2 N–H and O–H groups in total. The Morgan fingerprint density at radius 2 is 2.06 bits per heavy atom. The molecule has 1 aliphatic rings. The Morgan fingerprint density at radius 1 is 1.29 bits per heavy atom. The predicted molar refractivity (Wildman–Crippen MR) is 64.9 cm³/mol. The van der Waals surface area contributed by atoms with Crippen LogP contribution in [0.2, 0.25) is 0 Å². The van der Waals surface area contributed by atoms with Crippen LogP contribution < -0.4 is 10.5 Å². The number of nitrogens with zero attached hydrogens (tertiary/aromatic N) is 2. The maximum absolute atomic E-state index is 5.84. The van der Waals surface area contributed by atoms with E-state index in [1.165, 1.54) is 0 Å². The Bertz CT molecular complexity index is 364. The van der Waals surface area contributed by atoms with Gasteiger partial charge in [0.1, 0.15) is 17.7 Å². The lowest BCUT2D eigenvalue weighted by molar-refractivity contribution is 0.0194. The SMILES string of the molecule is COC1CCCC(Oc2cc(N)nc(C)n2)C1. The van der Waals surface area contributed by atoms with Crippen LogP contribution in [0.5, 0.6) is 5.88 Å². The Labute approximate surface area is 101 Å². The van der Waals surface area contributed by atoms with Gasteiger partial charge in [-0.1, -0.05) is 0 Å². The molecule has 1 aromatic heterocycles. The van der Waals surface area contributed by atoms with Crippen LogP contribution in [-0.4, -0.2) is 29.3 Å². The molecule has 2 unspecified atom stereocenters. The maximum Gasteiger partial charge on any atom is 0.218 e. The maximum atomic E-state index is 5.84. The normalized spacial score (nSPS) is 24.6. The van der Waals surface area contributed by atoms with Crippen LogP contribution in [0.4, 0.5) is 5.82 Å². The number of methoxy groups -OCH3 is 1. The molecule has 0 aromatic carbocycles. The standard InChI is InChI=1S/C12H19N3O2/c1-8-14-11(13)7-12(15-8)17-10-5-3-4-9(6-10)16-2/h7,9-10H,3-6H2,1-2H3,(H2,13,14,15). The van der Waals surface area contributed by atoms with Gasteiger partial charge in [0.2, 0.25) is 5.88 Å². The van der Waals surface area contributed by atoms with E-state index in [9.17, 15) is 0 Å². The van der Waals surface area contributed by atoms with Crippen molar-refractivity contribution in [1.82, 2.24) is 9.97 Å². The molecule has 0 aliphatic heterocycles. The molecule has 5 nitrogen and oxygen atoms in total. The third-order valence-electron chi connectivity index (χ3n) is 3.03. The lowest BCUT2D eigenvalue weighted by atomic mass is 9.95. The van der Waals surface area contributed by atoms with Crippen molar-refractivity contribution in [2.45, 2.75) is 44.8 Å². The van der Waals surface area contributed by atoms with E-state index in [1.54, 1.807) is 13.2 Å². The van der Waals surface area contributed by atoms with Gasteiger partial charge in [0, 0.05) is 19.6 Å². The lowest BCUT2D eigenvalue weighted by Gasteiger charge is -2.28. The summed E-state index contributed by atoms with van der Waals surface area (Å²) in [4.78, 5) is 8.25. The fraction of sp³-hybridized carbons (Fsp3) is 0.667. The fourth-order valence-corrected chi connectivity index (χ4v) is 2.22. The molecule has 1 aliphatic carbocycles. The first-order valence-electron chi connectivity index (χ1n) is 5.98. The summed E-state index contributed by atoms with van der Waals surface area (Å²) in [6.07, 6.45) is 4.67. The van der Waals surface area contributed by atoms with Crippen molar-refractivity contribution in [1.29, 1.82) is 0 Å². The van der Waals surface area contributed by atoms with Crippen molar-refractivity contribution in [3.05, 3.63) is 11.9 Å². The molecule has 0 spiro atoms. The zero-order valence-electron chi connectivity index (χ0n) is 10.3. The molecule has 5 heteroatoms. The van der Waals surface area contributed by atoms with E-state index in [4.69, 9.17) is 15.2 Å². The molecule has 17 heavy (non-hydrogen) atoms. The van der Waals surface area contributed by atoms with E-state index >= 15 is 0 Å². The second kappa shape index (κ2) is 5.31. The lowest BCUT2D eigenvalue weighted by Crippen LogP contribution is -2.29. The van der Waals surface area contributed by atoms with Gasteiger partial charge in [-0.25, -0.2) is 4.98 Å². The van der Waals surface area contributed by atoms with Gasteiger partial charge < -0.3 is 15.2 Å². The van der Waals surface area contributed by atoms with Crippen molar-refractivity contribution in [3.63, 3.8) is 0 Å². The smallest absolute Gasteiger partial charge is 0.218 e. The highest BCUT2D eigenvalue weighted by Gasteiger charge is 2.23. The summed E-state index contributed by atoms with van der Waals surface area (Å²) >= 11 is 0. The average molecular weight is 237 g/mol. The Kier molecular flexibility index (Phi) is 3.78. The van der Waals surface area contributed by atoms with E-state index < -0.39 is 0 Å². The number of aryl methyl sites for hydroxylation is 1. The van der Waals surface area contributed by atoms with E-state index in [0.29, 0.717) is 23.6 Å². The van der Waals surface area contributed by atoms with Crippen molar-refractivity contribution in [2.24, 2.45) is 0 Å². The fourth-order valence-electron chi connectivity index (χ4n) is 2.22. The topological polar surface area (TPSA) is 70.3 Å². The van der Waals surface area contributed by atoms with Crippen LogP contribution in [0.25, 0.3) is 0 Å². The molecule has 0 amide bonds. The molecule has 0 bridgehead atoms. The first-order valence-corrected chi connectivity index (χ1v) is 5.98. The number of nitrogens with two attached hydrogens (primary N) is 1. The first-order chi connectivity index (χ1) is 8.17. The Hall–Kier alpha value is -1.36. The molecule has 1 fully saturated rings. The van der Waals surface area contributed by atoms with Gasteiger partial charge in [-0.2, -0.15) is 4.98 Å². The molecule has 94 valence electrons. The molecule has 1 aromatic rings. The summed E-state index contributed by atoms with van der Waals surface area (Å²) in [5.74, 6) is 1.66. The summed E-state index contributed by atoms with van der Waals surface area (Å²) in [5.41, 5.74) is 5.66. The highest BCUT2D eigenvalue weighted by atomic mass is 16.5. The third kappa shape index (κ3) is 3.30. The number of nitrogen functional groups attached to an aromatic ring is 1. The minimum absolute atomic E-state index is 0.169. The van der Waals surface area contributed by atoms with Crippen LogP contribution in [0, 0.1) is 6.92 Å². The van der Waals surface area contributed by atoms with Gasteiger partial charge in [0.05, 0.1) is 6.10 Å². The van der Waals surface area contributed by atoms with E-state index in [-0.39, 0.29) is 6.10 Å². The Balaban J connectivity index is 2.00. The quantitative estimate of drug-likeness (QED) is 0.866. The van der Waals surface area contributed by atoms with Crippen LogP contribution in [0.15, 0.2) is 6.07 Å². The minimum Gasteiger partial charge on any atom is -0.474 e. The van der Waals surface area contributed by atoms with Gasteiger partial charge in [-0.05, 0) is 26.2 Å². The third-order valence-corrected chi connectivity index (χ3v) is 3.03. The van der Waals surface area contributed by atoms with Gasteiger partial charge in [0.15, 0.2) is 0 Å². The second-order valence-electron chi connectivity index (χ2n) is 4.44. The molecule has 0 saturated heterocycles. The number of aromatic nitrogens is 2. The van der Waals surface area contributed by atoms with Gasteiger partial charge in [-0.3, -0.25) is 0 Å². The molecular weight excluding hydrogens is 218 g/mol. The number of anilines is 1. The summed E-state index contributed by atoms with van der Waals surface area (Å²) < 4.78 is 11.2. The van der Waals surface area contributed by atoms with Gasteiger partial charge >= 0.3 is 0 Å². The zero-order valence-corrected chi connectivity index (χ0v) is 10.3. The van der Waals surface area contributed by atoms with Crippen LogP contribution >= 0.6 is 0 Å². The summed E-state index contributed by atoms with van der Waals surface area (Å²) in [6.45, 7) is 1.81. The summed E-state index contributed by atoms with van der Waals surface area (Å²) in [7, 11) is 1.75. The minimum atomic E-state index is 0.169. The van der Waals surface area contributed by atoms with Crippen molar-refractivity contribution >= 4 is 5.82 Å². The second-order valence-corrected chi connectivity index (χ2v) is 4.44. The van der Waals surface area contributed by atoms with Crippen molar-refractivity contribution in [3.8, 4) is 5.88 Å². The van der Waals surface area contributed by atoms with Crippen LogP contribution in [-0.2, 0) is 4.74 Å². The average Bonchev–Trinajstić information content (AvgIpc) is 2.28. The molecule has 2 atom stereocenters. The number of ether oxygens (including phenoxy) is 2. The number of rotatable bonds is 3. The first kappa shape index (κ1) is 12.1. The molecule has 2 rings (SSSR count). The predicted octanol–water partition coefficient (Wildman–Crippen LogP) is 1.70. The van der Waals surface area contributed by atoms with Gasteiger partial charge in [0.25, 0.3) is 0 Å². The van der Waals surface area contributed by atoms with Crippen LogP contribution in [0.3, 0.4) is 0 Å². The van der Waals surface area contributed by atoms with E-state index in [0.717, 1.165) is 25.7 Å². The summed E-state index contributed by atoms with van der Waals surface area (Å²) in [5, 5.41) is 0. The van der Waals surface area contributed by atoms with E-state index in [1.807, 2.05) is 6.92 Å². The van der Waals surface area contributed by atoms with Crippen LogP contribution in [0.1, 0.15) is 31.5 Å². The Morgan fingerprint density at radius 3 is 2.76 bits per heavy atom. The van der Waals surface area contributed by atoms with Crippen molar-refractivity contribution < 1.29 is 9.47 Å².